The van der Waals surface area contributed by atoms with E-state index < -0.39 is 10.0 Å². The number of benzene rings is 3. The number of carbonyl (C=O) groups excluding carboxylic acids is 1. The third kappa shape index (κ3) is 5.32. The summed E-state index contributed by atoms with van der Waals surface area (Å²) in [6.45, 7) is 1.06. The Labute approximate surface area is 233 Å². The molecule has 0 bridgehead atoms. The van der Waals surface area contributed by atoms with E-state index in [0.717, 1.165) is 19.3 Å². The van der Waals surface area contributed by atoms with Crippen molar-refractivity contribution in [2.75, 3.05) is 39.7 Å². The van der Waals surface area contributed by atoms with Gasteiger partial charge in [0, 0.05) is 29.7 Å². The Morgan fingerprint density at radius 3 is 2.12 bits per heavy atom. The summed E-state index contributed by atoms with van der Waals surface area (Å²) in [4.78, 5) is 18.5. The molecule has 1 saturated heterocycles. The lowest BCUT2D eigenvalue weighted by Crippen LogP contribution is -2.35. The smallest absolute Gasteiger partial charge is 0.256 e. The minimum Gasteiger partial charge on any atom is -0.493 e. The van der Waals surface area contributed by atoms with E-state index in [1.54, 1.807) is 30.3 Å². The average molecular weight is 562 g/mol. The van der Waals surface area contributed by atoms with E-state index in [9.17, 15) is 13.2 Å². The van der Waals surface area contributed by atoms with Crippen molar-refractivity contribution in [3.8, 4) is 28.5 Å². The standard InChI is InChI=1S/C30H31N3O6S/c1-37-27-17-20(18-28(38-2)29(27)39-3)26-19-24(23-9-5-6-10-25(23)32-26)30(34)31-21-11-13-22(14-12-21)40(35,36)33-15-7-4-8-16-33/h5-6,9-14,17-19H,4,7-8,15-16H2,1-3H3,(H,31,34). The van der Waals surface area contributed by atoms with Crippen LogP contribution < -0.4 is 19.5 Å². The minimum absolute atomic E-state index is 0.214. The summed E-state index contributed by atoms with van der Waals surface area (Å²) in [5.74, 6) is 1.05. The highest BCUT2D eigenvalue weighted by Gasteiger charge is 2.26. The SMILES string of the molecule is COc1cc(-c2cc(C(=O)Nc3ccc(S(=O)(=O)N4CCCCC4)cc3)c3ccccc3n2)cc(OC)c1OC. The van der Waals surface area contributed by atoms with E-state index in [1.165, 1.54) is 37.8 Å². The van der Waals surface area contributed by atoms with Gasteiger partial charge < -0.3 is 19.5 Å². The molecule has 5 rings (SSSR count). The Hall–Kier alpha value is -4.15. The van der Waals surface area contributed by atoms with Crippen molar-refractivity contribution in [3.05, 3.63) is 72.3 Å². The number of methoxy groups -OCH3 is 3. The summed E-state index contributed by atoms with van der Waals surface area (Å²) < 4.78 is 44.0. The van der Waals surface area contributed by atoms with Crippen LogP contribution in [0.2, 0.25) is 0 Å². The molecule has 2 heterocycles. The Bertz CT molecular complexity index is 1620. The number of anilines is 1. The van der Waals surface area contributed by atoms with Crippen molar-refractivity contribution in [2.24, 2.45) is 0 Å². The second-order valence-electron chi connectivity index (χ2n) is 9.43. The molecule has 0 spiro atoms. The molecular formula is C30H31N3O6S. The first kappa shape index (κ1) is 27.4. The number of aromatic nitrogens is 1. The normalized spacial score (nSPS) is 14.1. The summed E-state index contributed by atoms with van der Waals surface area (Å²) >= 11 is 0. The molecule has 0 aliphatic carbocycles. The maximum atomic E-state index is 13.6. The van der Waals surface area contributed by atoms with Crippen LogP contribution in [0.4, 0.5) is 5.69 Å². The summed E-state index contributed by atoms with van der Waals surface area (Å²) in [5, 5.41) is 3.59. The Kier molecular flexibility index (Phi) is 7.90. The number of carbonyl (C=O) groups is 1. The van der Waals surface area contributed by atoms with E-state index in [4.69, 9.17) is 19.2 Å². The number of ether oxygens (including phenoxy) is 3. The number of amides is 1. The minimum atomic E-state index is -3.56. The van der Waals surface area contributed by atoms with Crippen molar-refractivity contribution < 1.29 is 27.4 Å². The number of rotatable bonds is 8. The Morgan fingerprint density at radius 1 is 0.850 bits per heavy atom. The fourth-order valence-corrected chi connectivity index (χ4v) is 6.42. The van der Waals surface area contributed by atoms with Crippen LogP contribution in [0, 0.1) is 0 Å². The van der Waals surface area contributed by atoms with Gasteiger partial charge in [-0.05, 0) is 61.4 Å². The van der Waals surface area contributed by atoms with Crippen LogP contribution in [0.25, 0.3) is 22.2 Å². The number of sulfonamides is 1. The number of para-hydroxylation sites is 1. The van der Waals surface area contributed by atoms with E-state index in [1.807, 2.05) is 24.3 Å². The molecule has 0 atom stereocenters. The average Bonchev–Trinajstić information content (AvgIpc) is 3.00. The van der Waals surface area contributed by atoms with Crippen LogP contribution >= 0.6 is 0 Å². The van der Waals surface area contributed by atoms with Gasteiger partial charge in [-0.2, -0.15) is 4.31 Å². The molecule has 3 aromatic carbocycles. The third-order valence-electron chi connectivity index (χ3n) is 6.99. The quantitative estimate of drug-likeness (QED) is 0.309. The molecule has 0 unspecified atom stereocenters. The van der Waals surface area contributed by atoms with E-state index in [-0.39, 0.29) is 10.8 Å². The van der Waals surface area contributed by atoms with Crippen molar-refractivity contribution in [2.45, 2.75) is 24.2 Å². The number of piperidine rings is 1. The predicted molar refractivity (Wildman–Crippen MR) is 154 cm³/mol. The molecule has 4 aromatic rings. The Balaban J connectivity index is 1.48. The highest BCUT2D eigenvalue weighted by Crippen LogP contribution is 2.41. The summed E-state index contributed by atoms with van der Waals surface area (Å²) in [6, 6.07) is 18.9. The third-order valence-corrected chi connectivity index (χ3v) is 8.90. The van der Waals surface area contributed by atoms with E-state index >= 15 is 0 Å². The monoisotopic (exact) mass is 561 g/mol. The van der Waals surface area contributed by atoms with Crippen LogP contribution in [0.15, 0.2) is 71.6 Å². The molecule has 9 nitrogen and oxygen atoms in total. The van der Waals surface area contributed by atoms with Gasteiger partial charge in [0.2, 0.25) is 15.8 Å². The molecule has 1 aliphatic rings. The van der Waals surface area contributed by atoms with Gasteiger partial charge in [0.05, 0.1) is 43.0 Å². The number of fused-ring (bicyclic) bond motifs is 1. The molecule has 0 saturated carbocycles. The first-order valence-electron chi connectivity index (χ1n) is 13.0. The molecular weight excluding hydrogens is 530 g/mol. The van der Waals surface area contributed by atoms with Crippen molar-refractivity contribution in [1.29, 1.82) is 0 Å². The van der Waals surface area contributed by atoms with Gasteiger partial charge in [0.25, 0.3) is 5.91 Å². The second kappa shape index (κ2) is 11.5. The number of nitrogens with one attached hydrogen (secondary N) is 1. The molecule has 40 heavy (non-hydrogen) atoms. The highest BCUT2D eigenvalue weighted by atomic mass is 32.2. The molecule has 10 heteroatoms. The maximum Gasteiger partial charge on any atom is 0.256 e. The second-order valence-corrected chi connectivity index (χ2v) is 11.4. The molecule has 1 fully saturated rings. The first-order chi connectivity index (χ1) is 19.3. The van der Waals surface area contributed by atoms with Crippen molar-refractivity contribution >= 4 is 32.5 Å². The lowest BCUT2D eigenvalue weighted by atomic mass is 10.0. The van der Waals surface area contributed by atoms with Gasteiger partial charge in [-0.25, -0.2) is 13.4 Å². The predicted octanol–water partition coefficient (Wildman–Crippen LogP) is 5.35. The molecule has 1 amide bonds. The number of pyridine rings is 1. The highest BCUT2D eigenvalue weighted by molar-refractivity contribution is 7.89. The lowest BCUT2D eigenvalue weighted by Gasteiger charge is -2.25. The summed E-state index contributed by atoms with van der Waals surface area (Å²) in [6.07, 6.45) is 2.78. The van der Waals surface area contributed by atoms with E-state index in [0.29, 0.717) is 63.7 Å². The van der Waals surface area contributed by atoms with Gasteiger partial charge >= 0.3 is 0 Å². The summed E-state index contributed by atoms with van der Waals surface area (Å²) in [7, 11) is 1.05. The topological polar surface area (TPSA) is 107 Å². The van der Waals surface area contributed by atoms with E-state index in [2.05, 4.69) is 5.32 Å². The Morgan fingerprint density at radius 2 is 1.50 bits per heavy atom. The van der Waals surface area contributed by atoms with Gasteiger partial charge in [0.15, 0.2) is 11.5 Å². The molecule has 208 valence electrons. The molecule has 1 aromatic heterocycles. The van der Waals surface area contributed by atoms with Gasteiger partial charge in [-0.3, -0.25) is 4.79 Å². The van der Waals surface area contributed by atoms with Gasteiger partial charge in [0.1, 0.15) is 0 Å². The fourth-order valence-electron chi connectivity index (χ4n) is 4.90. The van der Waals surface area contributed by atoms with Crippen molar-refractivity contribution in [3.63, 3.8) is 0 Å². The maximum absolute atomic E-state index is 13.6. The van der Waals surface area contributed by atoms with Crippen molar-refractivity contribution in [1.82, 2.24) is 9.29 Å². The zero-order valence-corrected chi connectivity index (χ0v) is 23.5. The van der Waals surface area contributed by atoms with Crippen LogP contribution in [0.1, 0.15) is 29.6 Å². The van der Waals surface area contributed by atoms with Gasteiger partial charge in [-0.15, -0.1) is 0 Å². The molecule has 1 N–H and O–H groups in total. The number of hydrogen-bond donors (Lipinski definition) is 1. The largest absolute Gasteiger partial charge is 0.493 e. The first-order valence-corrected chi connectivity index (χ1v) is 14.4. The van der Waals surface area contributed by atoms with Gasteiger partial charge in [-0.1, -0.05) is 24.6 Å². The zero-order valence-electron chi connectivity index (χ0n) is 22.6. The fraction of sp³-hybridized carbons (Fsp3) is 0.267. The molecule has 1 aliphatic heterocycles. The summed E-state index contributed by atoms with van der Waals surface area (Å²) in [5.41, 5.74) is 2.77. The number of nitrogens with zero attached hydrogens (tertiary/aromatic N) is 2. The molecule has 0 radical (unpaired) electrons. The van der Waals surface area contributed by atoms with Crippen LogP contribution in [-0.2, 0) is 10.0 Å². The lowest BCUT2D eigenvalue weighted by molar-refractivity contribution is 0.102. The zero-order chi connectivity index (χ0) is 28.3. The van der Waals surface area contributed by atoms with Crippen LogP contribution in [0.5, 0.6) is 17.2 Å². The van der Waals surface area contributed by atoms with Crippen LogP contribution in [-0.4, -0.2) is 58.0 Å². The number of hydrogen-bond acceptors (Lipinski definition) is 7. The van der Waals surface area contributed by atoms with Crippen LogP contribution in [0.3, 0.4) is 0 Å².